The minimum Gasteiger partial charge on any atom is -0.505 e. The van der Waals surface area contributed by atoms with E-state index in [0.29, 0.717) is 18.4 Å². The Morgan fingerprint density at radius 2 is 1.83 bits per heavy atom. The molecular weight excluding hydrogens is 330 g/mol. The molecule has 0 amide bonds. The van der Waals surface area contributed by atoms with Gasteiger partial charge in [-0.3, -0.25) is 4.72 Å². The maximum absolute atomic E-state index is 12.7. The molecule has 128 valence electrons. The van der Waals surface area contributed by atoms with Gasteiger partial charge < -0.3 is 10.2 Å². The number of rotatable bonds is 6. The normalized spacial score (nSPS) is 11.2. The Morgan fingerprint density at radius 3 is 2.42 bits per heavy atom. The number of aromatic carboxylic acids is 1. The maximum atomic E-state index is 12.7. The number of hydrogen-bond acceptors (Lipinski definition) is 4. The van der Waals surface area contributed by atoms with E-state index in [1.54, 1.807) is 12.1 Å². The molecule has 0 fully saturated rings. The van der Waals surface area contributed by atoms with Crippen molar-refractivity contribution in [3.8, 4) is 5.75 Å². The molecule has 6 nitrogen and oxygen atoms in total. The molecule has 2 aromatic carbocycles. The van der Waals surface area contributed by atoms with E-state index < -0.39 is 21.7 Å². The molecule has 0 aliphatic rings. The third kappa shape index (κ3) is 3.51. The Morgan fingerprint density at radius 1 is 1.12 bits per heavy atom. The SMILES string of the molecule is CCc1ccc(CC)c(S(=O)(=O)Nc2cccc(C(=O)O)c2O)c1. The number of sulfonamides is 1. The molecule has 0 saturated heterocycles. The second kappa shape index (κ2) is 6.92. The summed E-state index contributed by atoms with van der Waals surface area (Å²) in [6.07, 6.45) is 1.22. The number of nitrogens with one attached hydrogen (secondary N) is 1. The first-order chi connectivity index (χ1) is 11.3. The fraction of sp³-hybridized carbons (Fsp3) is 0.235. The van der Waals surface area contributed by atoms with Crippen LogP contribution in [0.5, 0.6) is 5.75 Å². The number of hydrogen-bond donors (Lipinski definition) is 3. The van der Waals surface area contributed by atoms with Crippen molar-refractivity contribution in [2.45, 2.75) is 31.6 Å². The van der Waals surface area contributed by atoms with Crippen LogP contribution in [0.25, 0.3) is 0 Å². The van der Waals surface area contributed by atoms with Gasteiger partial charge in [-0.25, -0.2) is 13.2 Å². The zero-order valence-electron chi connectivity index (χ0n) is 13.4. The molecule has 0 atom stereocenters. The second-order valence-corrected chi connectivity index (χ2v) is 6.91. The highest BCUT2D eigenvalue weighted by Gasteiger charge is 2.22. The first-order valence-corrected chi connectivity index (χ1v) is 8.98. The number of carboxylic acids is 1. The molecule has 0 radical (unpaired) electrons. The lowest BCUT2D eigenvalue weighted by Gasteiger charge is -2.14. The highest BCUT2D eigenvalue weighted by molar-refractivity contribution is 7.92. The zero-order chi connectivity index (χ0) is 17.9. The Labute approximate surface area is 140 Å². The van der Waals surface area contributed by atoms with Crippen molar-refractivity contribution in [2.24, 2.45) is 0 Å². The predicted octanol–water partition coefficient (Wildman–Crippen LogP) is 3.02. The average molecular weight is 349 g/mol. The number of phenols is 1. The second-order valence-electron chi connectivity index (χ2n) is 5.26. The van der Waals surface area contributed by atoms with E-state index in [4.69, 9.17) is 5.11 Å². The smallest absolute Gasteiger partial charge is 0.339 e. The van der Waals surface area contributed by atoms with Crippen LogP contribution in [0.4, 0.5) is 5.69 Å². The molecule has 0 aliphatic carbocycles. The lowest BCUT2D eigenvalue weighted by Crippen LogP contribution is -2.16. The van der Waals surface area contributed by atoms with Crippen molar-refractivity contribution >= 4 is 21.7 Å². The van der Waals surface area contributed by atoms with Gasteiger partial charge in [0.15, 0.2) is 5.75 Å². The molecule has 0 spiro atoms. The number of carboxylic acid groups (broad SMARTS) is 1. The van der Waals surface area contributed by atoms with Crippen molar-refractivity contribution in [3.63, 3.8) is 0 Å². The van der Waals surface area contributed by atoms with Crippen LogP contribution >= 0.6 is 0 Å². The van der Waals surface area contributed by atoms with E-state index in [1.165, 1.54) is 18.2 Å². The molecule has 2 aromatic rings. The zero-order valence-corrected chi connectivity index (χ0v) is 14.2. The van der Waals surface area contributed by atoms with Crippen molar-refractivity contribution in [2.75, 3.05) is 4.72 Å². The molecule has 0 aliphatic heterocycles. The van der Waals surface area contributed by atoms with Crippen LogP contribution in [0.2, 0.25) is 0 Å². The molecule has 0 bridgehead atoms. The molecule has 2 rings (SSSR count). The third-order valence-electron chi connectivity index (χ3n) is 3.72. The molecule has 3 N–H and O–H groups in total. The van der Waals surface area contributed by atoms with Gasteiger partial charge in [-0.05, 0) is 42.2 Å². The fourth-order valence-electron chi connectivity index (χ4n) is 2.36. The maximum Gasteiger partial charge on any atom is 0.339 e. The number of anilines is 1. The van der Waals surface area contributed by atoms with E-state index in [-0.39, 0.29) is 16.1 Å². The first-order valence-electron chi connectivity index (χ1n) is 7.50. The number of para-hydroxylation sites is 1. The first kappa shape index (κ1) is 17.8. The van der Waals surface area contributed by atoms with Crippen molar-refractivity contribution in [1.82, 2.24) is 0 Å². The Hall–Kier alpha value is -2.54. The summed E-state index contributed by atoms with van der Waals surface area (Å²) < 4.78 is 27.7. The van der Waals surface area contributed by atoms with E-state index in [1.807, 2.05) is 19.9 Å². The summed E-state index contributed by atoms with van der Waals surface area (Å²) >= 11 is 0. The van der Waals surface area contributed by atoms with Crippen LogP contribution in [-0.2, 0) is 22.9 Å². The molecule has 0 aromatic heterocycles. The van der Waals surface area contributed by atoms with Gasteiger partial charge in [0.25, 0.3) is 10.0 Å². The van der Waals surface area contributed by atoms with E-state index >= 15 is 0 Å². The summed E-state index contributed by atoms with van der Waals surface area (Å²) in [5.74, 6) is -1.95. The Bertz CT molecular complexity index is 875. The summed E-state index contributed by atoms with van der Waals surface area (Å²) in [5.41, 5.74) is 0.983. The van der Waals surface area contributed by atoms with Gasteiger partial charge in [0.05, 0.1) is 10.6 Å². The van der Waals surface area contributed by atoms with Gasteiger partial charge >= 0.3 is 5.97 Å². The lowest BCUT2D eigenvalue weighted by molar-refractivity contribution is 0.0694. The van der Waals surface area contributed by atoms with Gasteiger partial charge in [0, 0.05) is 0 Å². The van der Waals surface area contributed by atoms with Crippen LogP contribution in [0.1, 0.15) is 35.3 Å². The van der Waals surface area contributed by atoms with Gasteiger partial charge in [0.1, 0.15) is 5.56 Å². The number of aryl methyl sites for hydroxylation is 2. The predicted molar refractivity (Wildman–Crippen MR) is 91.1 cm³/mol. The average Bonchev–Trinajstić information content (AvgIpc) is 2.55. The van der Waals surface area contributed by atoms with E-state index in [2.05, 4.69) is 4.72 Å². The molecule has 24 heavy (non-hydrogen) atoms. The lowest BCUT2D eigenvalue weighted by atomic mass is 10.1. The van der Waals surface area contributed by atoms with Gasteiger partial charge in [-0.2, -0.15) is 0 Å². The van der Waals surface area contributed by atoms with Crippen molar-refractivity contribution in [1.29, 1.82) is 0 Å². The minimum atomic E-state index is -3.96. The van der Waals surface area contributed by atoms with E-state index in [9.17, 15) is 18.3 Å². The summed E-state index contributed by atoms with van der Waals surface area (Å²) in [6.45, 7) is 3.77. The van der Waals surface area contributed by atoms with Gasteiger partial charge in [-0.1, -0.05) is 32.0 Å². The van der Waals surface area contributed by atoms with Gasteiger partial charge in [0.2, 0.25) is 0 Å². The van der Waals surface area contributed by atoms with E-state index in [0.717, 1.165) is 5.56 Å². The monoisotopic (exact) mass is 349 g/mol. The molecule has 7 heteroatoms. The minimum absolute atomic E-state index is 0.129. The quantitative estimate of drug-likeness (QED) is 0.696. The van der Waals surface area contributed by atoms with Crippen molar-refractivity contribution in [3.05, 3.63) is 53.1 Å². The van der Waals surface area contributed by atoms with Crippen LogP contribution in [0, 0.1) is 0 Å². The highest BCUT2D eigenvalue weighted by Crippen LogP contribution is 2.30. The summed E-state index contributed by atoms with van der Waals surface area (Å²) in [4.78, 5) is 11.2. The number of aromatic hydroxyl groups is 1. The van der Waals surface area contributed by atoms with Crippen LogP contribution in [0.15, 0.2) is 41.3 Å². The summed E-state index contributed by atoms with van der Waals surface area (Å²) in [7, 11) is -3.96. The summed E-state index contributed by atoms with van der Waals surface area (Å²) in [6, 6.07) is 9.12. The van der Waals surface area contributed by atoms with Gasteiger partial charge in [-0.15, -0.1) is 0 Å². The van der Waals surface area contributed by atoms with Crippen LogP contribution < -0.4 is 4.72 Å². The summed E-state index contributed by atoms with van der Waals surface area (Å²) in [5, 5.41) is 19.0. The number of carbonyl (C=O) groups is 1. The van der Waals surface area contributed by atoms with Crippen molar-refractivity contribution < 1.29 is 23.4 Å². The fourth-order valence-corrected chi connectivity index (χ4v) is 3.79. The molecule has 0 unspecified atom stereocenters. The molecule has 0 heterocycles. The molecular formula is C17H19NO5S. The number of benzene rings is 2. The highest BCUT2D eigenvalue weighted by atomic mass is 32.2. The third-order valence-corrected chi connectivity index (χ3v) is 5.17. The molecule has 0 saturated carbocycles. The van der Waals surface area contributed by atoms with Crippen LogP contribution in [-0.4, -0.2) is 24.6 Å². The topological polar surface area (TPSA) is 104 Å². The Kier molecular flexibility index (Phi) is 5.14. The van der Waals surface area contributed by atoms with Crippen LogP contribution in [0.3, 0.4) is 0 Å². The Balaban J connectivity index is 2.50. The standard InChI is InChI=1S/C17H19NO5S/c1-3-11-8-9-12(4-2)15(10-11)24(22,23)18-14-7-5-6-13(16(14)19)17(20)21/h5-10,18-19H,3-4H2,1-2H3,(H,20,21). The largest absolute Gasteiger partial charge is 0.505 e.